The molecular weight excluding hydrogens is 186 g/mol. The Hall–Kier alpha value is -1.63. The molecule has 76 valence electrons. The number of nitrogens with one attached hydrogen (secondary N) is 2. The van der Waals surface area contributed by atoms with Gasteiger partial charge in [-0.25, -0.2) is 9.89 Å². The van der Waals surface area contributed by atoms with Gasteiger partial charge in [-0.15, -0.1) is 0 Å². The van der Waals surface area contributed by atoms with E-state index in [1.165, 1.54) is 11.8 Å². The Kier molecular flexibility index (Phi) is 2.32. The summed E-state index contributed by atoms with van der Waals surface area (Å²) in [4.78, 5) is 16.0. The van der Waals surface area contributed by atoms with E-state index in [1.54, 1.807) is 0 Å². The summed E-state index contributed by atoms with van der Waals surface area (Å²) in [5.74, 6) is 0. The minimum Gasteiger partial charge on any atom is -0.280 e. The van der Waals surface area contributed by atoms with Gasteiger partial charge in [0.1, 0.15) is 0 Å². The summed E-state index contributed by atoms with van der Waals surface area (Å²) in [7, 11) is 1.54. The van der Waals surface area contributed by atoms with Crippen molar-refractivity contribution in [3.8, 4) is 0 Å². The maximum Gasteiger partial charge on any atom is 0.365 e. The number of aromatic amines is 1. The van der Waals surface area contributed by atoms with E-state index in [2.05, 4.69) is 21.0 Å². The molecule has 0 atom stereocenters. The highest BCUT2D eigenvalue weighted by molar-refractivity contribution is 5.50. The molecule has 0 aliphatic heterocycles. The molecule has 0 fully saturated rings. The van der Waals surface area contributed by atoms with E-state index in [4.69, 9.17) is 4.84 Å². The molecule has 0 aromatic carbocycles. The minimum absolute atomic E-state index is 0.322. The van der Waals surface area contributed by atoms with Crippen molar-refractivity contribution in [1.29, 1.82) is 0 Å². The summed E-state index contributed by atoms with van der Waals surface area (Å²) in [6, 6.07) is 0. The number of allylic oxidation sites excluding steroid dienone is 2. The third-order valence-electron chi connectivity index (χ3n) is 2.14. The predicted molar refractivity (Wildman–Crippen MR) is 47.9 cm³/mol. The van der Waals surface area contributed by atoms with Gasteiger partial charge in [0.05, 0.1) is 18.5 Å². The maximum absolute atomic E-state index is 11.2. The highest BCUT2D eigenvalue weighted by Crippen LogP contribution is 2.25. The number of hydrogen-bond acceptors (Lipinski definition) is 5. The van der Waals surface area contributed by atoms with Crippen molar-refractivity contribution in [2.24, 2.45) is 0 Å². The molecule has 0 amide bonds. The van der Waals surface area contributed by atoms with Gasteiger partial charge in [-0.3, -0.25) is 10.3 Å². The van der Waals surface area contributed by atoms with Gasteiger partial charge in [0.15, 0.2) is 0 Å². The second-order valence-electron chi connectivity index (χ2n) is 3.00. The maximum atomic E-state index is 11.2. The largest absolute Gasteiger partial charge is 0.365 e. The van der Waals surface area contributed by atoms with Gasteiger partial charge in [-0.1, -0.05) is 0 Å². The minimum atomic E-state index is -0.322. The molecule has 1 aromatic heterocycles. The van der Waals surface area contributed by atoms with Gasteiger partial charge in [0, 0.05) is 0 Å². The first-order valence-electron chi connectivity index (χ1n) is 4.34. The number of rotatable bonds is 3. The molecule has 0 saturated heterocycles. The Morgan fingerprint density at radius 3 is 3.07 bits per heavy atom. The molecule has 1 aliphatic rings. The molecule has 1 heterocycles. The van der Waals surface area contributed by atoms with E-state index in [0.29, 0.717) is 0 Å². The first-order chi connectivity index (χ1) is 6.83. The van der Waals surface area contributed by atoms with E-state index in [1.807, 2.05) is 0 Å². The standard InChI is InChI=1S/C7H11N5O2/c1-14-9-5-3-2-4-6(5)12-7(13)8-10-11-12/h9H,2-4H2,1H3,(H,8,11,13). The van der Waals surface area contributed by atoms with Crippen LogP contribution in [0.3, 0.4) is 0 Å². The van der Waals surface area contributed by atoms with Crippen LogP contribution in [0, 0.1) is 0 Å². The predicted octanol–water partition coefficient (Wildman–Crippen LogP) is -0.530. The third kappa shape index (κ3) is 1.41. The van der Waals surface area contributed by atoms with Crippen LogP contribution in [0.1, 0.15) is 19.3 Å². The summed E-state index contributed by atoms with van der Waals surface area (Å²) >= 11 is 0. The van der Waals surface area contributed by atoms with Crippen molar-refractivity contribution in [2.75, 3.05) is 7.11 Å². The summed E-state index contributed by atoms with van der Waals surface area (Å²) in [6.45, 7) is 0. The number of tetrazole rings is 1. The van der Waals surface area contributed by atoms with Crippen LogP contribution in [0.25, 0.3) is 5.70 Å². The van der Waals surface area contributed by atoms with Gasteiger partial charge in [-0.05, 0) is 29.7 Å². The second kappa shape index (κ2) is 3.62. The molecule has 0 bridgehead atoms. The van der Waals surface area contributed by atoms with Crippen molar-refractivity contribution in [3.05, 3.63) is 16.2 Å². The lowest BCUT2D eigenvalue weighted by atomic mass is 10.3. The van der Waals surface area contributed by atoms with Gasteiger partial charge in [0.25, 0.3) is 0 Å². The summed E-state index contributed by atoms with van der Waals surface area (Å²) in [5, 5.41) is 9.36. The van der Waals surface area contributed by atoms with Crippen molar-refractivity contribution in [3.63, 3.8) is 0 Å². The van der Waals surface area contributed by atoms with E-state index < -0.39 is 0 Å². The Bertz CT molecular complexity index is 404. The SMILES string of the molecule is CONC1=C(n2nn[nH]c2=O)CCC1. The highest BCUT2D eigenvalue weighted by atomic mass is 16.6. The first kappa shape index (κ1) is 8.95. The molecule has 0 saturated carbocycles. The lowest BCUT2D eigenvalue weighted by Gasteiger charge is -2.05. The lowest BCUT2D eigenvalue weighted by molar-refractivity contribution is 0.116. The Labute approximate surface area is 79.7 Å². The fraction of sp³-hybridized carbons (Fsp3) is 0.571. The van der Waals surface area contributed by atoms with E-state index in [9.17, 15) is 4.79 Å². The molecule has 2 N–H and O–H groups in total. The monoisotopic (exact) mass is 197 g/mol. The van der Waals surface area contributed by atoms with Crippen molar-refractivity contribution >= 4 is 5.70 Å². The second-order valence-corrected chi connectivity index (χ2v) is 3.00. The van der Waals surface area contributed by atoms with Crippen LogP contribution in [0.5, 0.6) is 0 Å². The molecular formula is C7H11N5O2. The summed E-state index contributed by atoms with van der Waals surface area (Å²) in [6.07, 6.45) is 2.65. The van der Waals surface area contributed by atoms with Crippen molar-refractivity contribution in [2.45, 2.75) is 19.3 Å². The number of hydrogen-bond donors (Lipinski definition) is 2. The lowest BCUT2D eigenvalue weighted by Crippen LogP contribution is -2.20. The van der Waals surface area contributed by atoms with Crippen LogP contribution < -0.4 is 11.2 Å². The van der Waals surface area contributed by atoms with Crippen LogP contribution >= 0.6 is 0 Å². The van der Waals surface area contributed by atoms with Gasteiger partial charge in [0.2, 0.25) is 0 Å². The fourth-order valence-corrected chi connectivity index (χ4v) is 1.57. The fourth-order valence-electron chi connectivity index (χ4n) is 1.57. The van der Waals surface area contributed by atoms with Crippen molar-refractivity contribution in [1.82, 2.24) is 25.7 Å². The smallest absolute Gasteiger partial charge is 0.280 e. The first-order valence-corrected chi connectivity index (χ1v) is 4.34. The number of H-pyrrole nitrogens is 1. The van der Waals surface area contributed by atoms with Crippen LogP contribution in [0.15, 0.2) is 10.5 Å². The number of hydroxylamine groups is 1. The van der Waals surface area contributed by atoms with Gasteiger partial charge >= 0.3 is 5.69 Å². The van der Waals surface area contributed by atoms with Crippen molar-refractivity contribution < 1.29 is 4.84 Å². The Morgan fingerprint density at radius 2 is 2.43 bits per heavy atom. The zero-order chi connectivity index (χ0) is 9.97. The number of nitrogens with zero attached hydrogens (tertiary/aromatic N) is 3. The third-order valence-corrected chi connectivity index (χ3v) is 2.14. The topological polar surface area (TPSA) is 84.8 Å². The summed E-state index contributed by atoms with van der Waals surface area (Å²) < 4.78 is 1.26. The van der Waals surface area contributed by atoms with Crippen LogP contribution in [-0.4, -0.2) is 27.3 Å². The molecule has 1 aromatic rings. The molecule has 7 nitrogen and oxygen atoms in total. The van der Waals surface area contributed by atoms with E-state index in [-0.39, 0.29) is 5.69 Å². The molecule has 7 heteroatoms. The highest BCUT2D eigenvalue weighted by Gasteiger charge is 2.18. The van der Waals surface area contributed by atoms with Gasteiger partial charge in [-0.2, -0.15) is 4.68 Å². The van der Waals surface area contributed by atoms with E-state index >= 15 is 0 Å². The molecule has 0 spiro atoms. The zero-order valence-electron chi connectivity index (χ0n) is 7.78. The number of aromatic nitrogens is 4. The average molecular weight is 197 g/mol. The normalized spacial score (nSPS) is 16.4. The van der Waals surface area contributed by atoms with Crippen LogP contribution in [-0.2, 0) is 4.84 Å². The van der Waals surface area contributed by atoms with E-state index in [0.717, 1.165) is 30.7 Å². The molecule has 1 aliphatic carbocycles. The average Bonchev–Trinajstić information content (AvgIpc) is 2.74. The molecule has 0 unspecified atom stereocenters. The van der Waals surface area contributed by atoms with Crippen LogP contribution in [0.2, 0.25) is 0 Å². The van der Waals surface area contributed by atoms with Gasteiger partial charge < -0.3 is 0 Å². The molecule has 0 radical (unpaired) electrons. The molecule has 14 heavy (non-hydrogen) atoms. The quantitative estimate of drug-likeness (QED) is 0.636. The Morgan fingerprint density at radius 1 is 1.57 bits per heavy atom. The summed E-state index contributed by atoms with van der Waals surface area (Å²) in [5.41, 5.74) is 4.14. The molecule has 2 rings (SSSR count). The van der Waals surface area contributed by atoms with Crippen LogP contribution in [0.4, 0.5) is 0 Å². The zero-order valence-corrected chi connectivity index (χ0v) is 7.78. The Balaban J connectivity index is 2.37.